The third-order valence-corrected chi connectivity index (χ3v) is 7.53. The van der Waals surface area contributed by atoms with Gasteiger partial charge in [-0.05, 0) is 66.0 Å². The molecule has 1 saturated carbocycles. The fourth-order valence-electron chi connectivity index (χ4n) is 4.24. The molecule has 0 spiro atoms. The van der Waals surface area contributed by atoms with Crippen LogP contribution in [0.4, 0.5) is 0 Å². The second-order valence-electron chi connectivity index (χ2n) is 9.34. The highest BCUT2D eigenvalue weighted by Crippen LogP contribution is 2.33. The molecule has 5 rings (SSSR count). The molecule has 182 valence electrons. The predicted octanol–water partition coefficient (Wildman–Crippen LogP) is 4.80. The number of fused-ring (bicyclic) bond motifs is 1. The summed E-state index contributed by atoms with van der Waals surface area (Å²) in [7, 11) is 0. The Bertz CT molecular complexity index is 1190. The van der Waals surface area contributed by atoms with E-state index in [0.717, 1.165) is 34.6 Å². The Labute approximate surface area is 210 Å². The first-order valence-corrected chi connectivity index (χ1v) is 12.9. The number of carbonyl (C=O) groups excluding carboxylic acids is 2. The van der Waals surface area contributed by atoms with Crippen LogP contribution < -0.4 is 9.47 Å². The van der Waals surface area contributed by atoms with E-state index in [1.807, 2.05) is 53.4 Å². The highest BCUT2D eigenvalue weighted by atomic mass is 32.1. The van der Waals surface area contributed by atoms with Crippen molar-refractivity contribution in [1.29, 1.82) is 0 Å². The lowest BCUT2D eigenvalue weighted by Crippen LogP contribution is -2.43. The first-order chi connectivity index (χ1) is 17.0. The summed E-state index contributed by atoms with van der Waals surface area (Å²) in [6.45, 7) is 3.98. The molecule has 1 fully saturated rings. The summed E-state index contributed by atoms with van der Waals surface area (Å²) in [6, 6.07) is 17.6. The smallest absolute Gasteiger partial charge is 0.242 e. The lowest BCUT2D eigenvalue weighted by atomic mass is 10.1. The third kappa shape index (κ3) is 6.03. The van der Waals surface area contributed by atoms with Gasteiger partial charge in [-0.15, -0.1) is 11.3 Å². The van der Waals surface area contributed by atoms with Gasteiger partial charge in [0.05, 0.1) is 19.5 Å². The van der Waals surface area contributed by atoms with Gasteiger partial charge in [0.1, 0.15) is 0 Å². The summed E-state index contributed by atoms with van der Waals surface area (Å²) >= 11 is 1.65. The van der Waals surface area contributed by atoms with Crippen LogP contribution in [0.5, 0.6) is 11.5 Å². The van der Waals surface area contributed by atoms with Crippen molar-refractivity contribution in [2.45, 2.75) is 39.3 Å². The molecule has 35 heavy (non-hydrogen) atoms. The van der Waals surface area contributed by atoms with Crippen LogP contribution in [0.1, 0.15) is 34.4 Å². The molecular formula is C28H30N2O4S. The Kier molecular flexibility index (Phi) is 7.04. The highest BCUT2D eigenvalue weighted by Gasteiger charge is 2.29. The summed E-state index contributed by atoms with van der Waals surface area (Å²) in [5, 5.41) is 2.05. The summed E-state index contributed by atoms with van der Waals surface area (Å²) in [4.78, 5) is 31.7. The van der Waals surface area contributed by atoms with E-state index >= 15 is 0 Å². The first-order valence-electron chi connectivity index (χ1n) is 12.1. The topological polar surface area (TPSA) is 59.1 Å². The molecule has 1 aliphatic heterocycles. The van der Waals surface area contributed by atoms with Gasteiger partial charge in [0.2, 0.25) is 18.6 Å². The van der Waals surface area contributed by atoms with Gasteiger partial charge in [-0.25, -0.2) is 0 Å². The highest BCUT2D eigenvalue weighted by molar-refractivity contribution is 7.10. The quantitative estimate of drug-likeness (QED) is 0.410. The Hall–Kier alpha value is -3.32. The Morgan fingerprint density at radius 3 is 2.46 bits per heavy atom. The van der Waals surface area contributed by atoms with Crippen molar-refractivity contribution < 1.29 is 19.1 Å². The normalized spacial score (nSPS) is 14.1. The van der Waals surface area contributed by atoms with Crippen LogP contribution in [0.2, 0.25) is 0 Å². The molecule has 2 heterocycles. The molecule has 3 aromatic rings. The molecule has 0 N–H and O–H groups in total. The Morgan fingerprint density at radius 2 is 1.71 bits per heavy atom. The van der Waals surface area contributed by atoms with Crippen LogP contribution in [0.3, 0.4) is 0 Å². The average molecular weight is 491 g/mol. The zero-order valence-corrected chi connectivity index (χ0v) is 20.8. The minimum absolute atomic E-state index is 0.00628. The molecular weight excluding hydrogens is 460 g/mol. The maximum Gasteiger partial charge on any atom is 0.242 e. The van der Waals surface area contributed by atoms with E-state index in [2.05, 4.69) is 18.4 Å². The van der Waals surface area contributed by atoms with Crippen molar-refractivity contribution in [3.05, 3.63) is 81.5 Å². The van der Waals surface area contributed by atoms with E-state index < -0.39 is 0 Å². The molecule has 0 unspecified atom stereocenters. The van der Waals surface area contributed by atoms with E-state index in [-0.39, 0.29) is 25.2 Å². The van der Waals surface area contributed by atoms with E-state index in [1.54, 1.807) is 16.2 Å². The zero-order valence-electron chi connectivity index (χ0n) is 19.9. The minimum atomic E-state index is -0.0440. The fourth-order valence-corrected chi connectivity index (χ4v) is 5.16. The number of hydrogen-bond donors (Lipinski definition) is 0. The molecule has 2 amide bonds. The van der Waals surface area contributed by atoms with E-state index in [1.165, 1.54) is 5.56 Å². The van der Waals surface area contributed by atoms with Crippen LogP contribution in [0.25, 0.3) is 0 Å². The largest absolute Gasteiger partial charge is 0.454 e. The van der Waals surface area contributed by atoms with Crippen molar-refractivity contribution in [3.63, 3.8) is 0 Å². The number of hydrogen-bond acceptors (Lipinski definition) is 5. The van der Waals surface area contributed by atoms with Gasteiger partial charge >= 0.3 is 0 Å². The van der Waals surface area contributed by atoms with Crippen LogP contribution >= 0.6 is 11.3 Å². The van der Waals surface area contributed by atoms with Crippen LogP contribution in [0, 0.1) is 12.8 Å². The first kappa shape index (κ1) is 23.4. The van der Waals surface area contributed by atoms with Gasteiger partial charge < -0.3 is 19.3 Å². The molecule has 2 aromatic carbocycles. The molecule has 0 radical (unpaired) electrons. The molecule has 0 bridgehead atoms. The van der Waals surface area contributed by atoms with Gasteiger partial charge in [0, 0.05) is 18.0 Å². The number of aryl methyl sites for hydroxylation is 1. The number of carbonyl (C=O) groups is 2. The molecule has 1 aromatic heterocycles. The molecule has 1 aliphatic carbocycles. The van der Waals surface area contributed by atoms with Gasteiger partial charge in [0.15, 0.2) is 11.5 Å². The lowest BCUT2D eigenvalue weighted by Gasteiger charge is -2.28. The van der Waals surface area contributed by atoms with Crippen LogP contribution in [-0.2, 0) is 29.1 Å². The molecule has 0 saturated heterocycles. The predicted molar refractivity (Wildman–Crippen MR) is 135 cm³/mol. The molecule has 7 heteroatoms. The average Bonchev–Trinajstić information content (AvgIpc) is 3.39. The van der Waals surface area contributed by atoms with E-state index in [4.69, 9.17) is 9.47 Å². The van der Waals surface area contributed by atoms with Crippen molar-refractivity contribution in [2.24, 2.45) is 5.92 Å². The zero-order chi connectivity index (χ0) is 24.2. The van der Waals surface area contributed by atoms with E-state index in [9.17, 15) is 9.59 Å². The van der Waals surface area contributed by atoms with Crippen LogP contribution in [-0.4, -0.2) is 41.5 Å². The maximum absolute atomic E-state index is 13.7. The summed E-state index contributed by atoms with van der Waals surface area (Å²) in [6.07, 6.45) is 2.56. The van der Waals surface area contributed by atoms with Crippen LogP contribution in [0.15, 0.2) is 60.0 Å². The Balaban J connectivity index is 1.33. The summed E-state index contributed by atoms with van der Waals surface area (Å²) in [5.74, 6) is 1.90. The molecule has 6 nitrogen and oxygen atoms in total. The van der Waals surface area contributed by atoms with Gasteiger partial charge in [-0.2, -0.15) is 0 Å². The lowest BCUT2D eigenvalue weighted by molar-refractivity contribution is -0.141. The minimum Gasteiger partial charge on any atom is -0.454 e. The third-order valence-electron chi connectivity index (χ3n) is 6.52. The van der Waals surface area contributed by atoms with Crippen molar-refractivity contribution in [1.82, 2.24) is 9.80 Å². The van der Waals surface area contributed by atoms with Crippen molar-refractivity contribution in [3.8, 4) is 11.5 Å². The van der Waals surface area contributed by atoms with Gasteiger partial charge in [-0.1, -0.05) is 36.4 Å². The number of ether oxygens (including phenoxy) is 2. The van der Waals surface area contributed by atoms with Crippen molar-refractivity contribution >= 4 is 23.2 Å². The number of thiophene rings is 1. The van der Waals surface area contributed by atoms with Gasteiger partial charge in [0.25, 0.3) is 0 Å². The summed E-state index contributed by atoms with van der Waals surface area (Å²) < 4.78 is 11.0. The standard InChI is InChI=1S/C28H30N2O4S/c1-20-11-12-35-26(20)17-29(16-23-9-10-24-25(13-23)34-19-33-24)28(32)18-30(15-22-7-8-22)27(31)14-21-5-3-2-4-6-21/h2-6,9-13,22H,7-8,14-19H2,1H3. The Morgan fingerprint density at radius 1 is 0.914 bits per heavy atom. The van der Waals surface area contributed by atoms with E-state index in [0.29, 0.717) is 37.7 Å². The second kappa shape index (κ2) is 10.5. The number of rotatable bonds is 10. The molecule has 2 aliphatic rings. The number of nitrogens with zero attached hydrogens (tertiary/aromatic N) is 2. The fraction of sp³-hybridized carbons (Fsp3) is 0.357. The SMILES string of the molecule is Cc1ccsc1CN(Cc1ccc2c(c1)OCO2)C(=O)CN(CC1CC1)C(=O)Cc1ccccc1. The summed E-state index contributed by atoms with van der Waals surface area (Å²) in [5.41, 5.74) is 3.12. The maximum atomic E-state index is 13.7. The monoisotopic (exact) mass is 490 g/mol. The molecule has 0 atom stereocenters. The number of amides is 2. The van der Waals surface area contributed by atoms with Gasteiger partial charge in [-0.3, -0.25) is 9.59 Å². The number of benzene rings is 2. The second-order valence-corrected chi connectivity index (χ2v) is 10.3. The van der Waals surface area contributed by atoms with Crippen molar-refractivity contribution in [2.75, 3.05) is 19.9 Å².